The van der Waals surface area contributed by atoms with E-state index in [4.69, 9.17) is 5.11 Å². The van der Waals surface area contributed by atoms with Crippen LogP contribution in [0, 0.1) is 5.92 Å². The Labute approximate surface area is 111 Å². The lowest BCUT2D eigenvalue weighted by Gasteiger charge is -2.18. The molecule has 6 nitrogen and oxygen atoms in total. The van der Waals surface area contributed by atoms with Crippen LogP contribution < -0.4 is 0 Å². The fraction of sp³-hybridized carbons (Fsp3) is 0.462. The minimum Gasteiger partial charge on any atom is -0.480 e. The molecule has 0 unspecified atom stereocenters. The molecule has 102 valence electrons. The van der Waals surface area contributed by atoms with Crippen LogP contribution in [0.2, 0.25) is 0 Å². The van der Waals surface area contributed by atoms with E-state index in [1.54, 1.807) is 30.2 Å². The van der Waals surface area contributed by atoms with Crippen LogP contribution in [0.15, 0.2) is 18.5 Å². The summed E-state index contributed by atoms with van der Waals surface area (Å²) in [6.45, 7) is 0.287. The van der Waals surface area contributed by atoms with Gasteiger partial charge in [0.05, 0.1) is 6.20 Å². The summed E-state index contributed by atoms with van der Waals surface area (Å²) in [6, 6.07) is 0. The van der Waals surface area contributed by atoms with Gasteiger partial charge in [-0.05, 0) is 24.8 Å². The zero-order valence-corrected chi connectivity index (χ0v) is 10.8. The topological polar surface area (TPSA) is 75.4 Å². The Kier molecular flexibility index (Phi) is 3.99. The molecular formula is C13H17N3O3. The number of nitrogens with zero attached hydrogens (tertiary/aromatic N) is 3. The maximum absolute atomic E-state index is 12.0. The third-order valence-corrected chi connectivity index (χ3v) is 2.96. The van der Waals surface area contributed by atoms with Crippen LogP contribution in [0.4, 0.5) is 0 Å². The third kappa shape index (κ3) is 4.24. The van der Waals surface area contributed by atoms with Gasteiger partial charge in [-0.1, -0.05) is 0 Å². The molecule has 1 aromatic heterocycles. The van der Waals surface area contributed by atoms with Gasteiger partial charge in [0, 0.05) is 31.4 Å². The molecule has 1 heterocycles. The van der Waals surface area contributed by atoms with Crippen molar-refractivity contribution < 1.29 is 14.7 Å². The van der Waals surface area contributed by atoms with Crippen molar-refractivity contribution in [3.8, 4) is 0 Å². The first-order valence-corrected chi connectivity index (χ1v) is 6.22. The summed E-state index contributed by atoms with van der Waals surface area (Å²) >= 11 is 0. The number of hydrogen-bond acceptors (Lipinski definition) is 3. The van der Waals surface area contributed by atoms with Crippen molar-refractivity contribution in [2.24, 2.45) is 13.0 Å². The standard InChI is InChI=1S/C13H17N3O3/c1-15-7-11(6-14-15)4-5-12(17)16(9-13(18)19)8-10-2-3-10/h4-7,10H,2-3,8-9H2,1H3,(H,18,19)/b5-4+. The van der Waals surface area contributed by atoms with Crippen molar-refractivity contribution in [2.75, 3.05) is 13.1 Å². The Balaban J connectivity index is 1.97. The number of aryl methyl sites for hydroxylation is 1. The van der Waals surface area contributed by atoms with Gasteiger partial charge in [-0.3, -0.25) is 14.3 Å². The van der Waals surface area contributed by atoms with Gasteiger partial charge in [0.2, 0.25) is 5.91 Å². The second-order valence-corrected chi connectivity index (χ2v) is 4.84. The van der Waals surface area contributed by atoms with Crippen molar-refractivity contribution in [3.05, 3.63) is 24.0 Å². The van der Waals surface area contributed by atoms with E-state index in [-0.39, 0.29) is 12.5 Å². The lowest BCUT2D eigenvalue weighted by molar-refractivity contribution is -0.142. The molecule has 1 N–H and O–H groups in total. The fourth-order valence-electron chi connectivity index (χ4n) is 1.81. The quantitative estimate of drug-likeness (QED) is 0.769. The predicted octanol–water partition coefficient (Wildman–Crippen LogP) is 0.756. The van der Waals surface area contributed by atoms with E-state index < -0.39 is 5.97 Å². The van der Waals surface area contributed by atoms with E-state index in [0.29, 0.717) is 12.5 Å². The average molecular weight is 263 g/mol. The van der Waals surface area contributed by atoms with Crippen LogP contribution in [-0.4, -0.2) is 44.8 Å². The second-order valence-electron chi connectivity index (χ2n) is 4.84. The van der Waals surface area contributed by atoms with Crippen LogP contribution in [0.5, 0.6) is 0 Å². The molecule has 1 amide bonds. The van der Waals surface area contributed by atoms with Crippen molar-refractivity contribution in [2.45, 2.75) is 12.8 Å². The molecule has 1 aliphatic rings. The first-order chi connectivity index (χ1) is 9.04. The van der Waals surface area contributed by atoms with E-state index in [0.717, 1.165) is 18.4 Å². The minimum atomic E-state index is -0.983. The number of carbonyl (C=O) groups is 2. The number of amides is 1. The Morgan fingerprint density at radius 3 is 2.84 bits per heavy atom. The lowest BCUT2D eigenvalue weighted by atomic mass is 10.3. The third-order valence-electron chi connectivity index (χ3n) is 2.96. The number of aromatic nitrogens is 2. The molecule has 2 rings (SSSR count). The predicted molar refractivity (Wildman–Crippen MR) is 69.2 cm³/mol. The summed E-state index contributed by atoms with van der Waals surface area (Å²) in [7, 11) is 1.79. The zero-order chi connectivity index (χ0) is 13.8. The molecule has 0 radical (unpaired) electrons. The van der Waals surface area contributed by atoms with Crippen molar-refractivity contribution in [3.63, 3.8) is 0 Å². The Morgan fingerprint density at radius 2 is 2.32 bits per heavy atom. The van der Waals surface area contributed by atoms with E-state index in [1.807, 2.05) is 0 Å². The maximum atomic E-state index is 12.0. The highest BCUT2D eigenvalue weighted by Crippen LogP contribution is 2.29. The van der Waals surface area contributed by atoms with Crippen LogP contribution in [-0.2, 0) is 16.6 Å². The molecule has 1 saturated carbocycles. The highest BCUT2D eigenvalue weighted by Gasteiger charge is 2.27. The fourth-order valence-corrected chi connectivity index (χ4v) is 1.81. The molecule has 0 atom stereocenters. The Morgan fingerprint density at radius 1 is 1.58 bits per heavy atom. The SMILES string of the molecule is Cn1cc(/C=C/C(=O)N(CC(=O)O)CC2CC2)cn1. The van der Waals surface area contributed by atoms with E-state index in [9.17, 15) is 9.59 Å². The van der Waals surface area contributed by atoms with Crippen molar-refractivity contribution in [1.82, 2.24) is 14.7 Å². The lowest BCUT2D eigenvalue weighted by Crippen LogP contribution is -2.36. The number of aliphatic carboxylic acids is 1. The van der Waals surface area contributed by atoms with E-state index >= 15 is 0 Å². The van der Waals surface area contributed by atoms with Crippen molar-refractivity contribution in [1.29, 1.82) is 0 Å². The smallest absolute Gasteiger partial charge is 0.323 e. The number of carbonyl (C=O) groups excluding carboxylic acids is 1. The summed E-state index contributed by atoms with van der Waals surface area (Å²) in [4.78, 5) is 24.1. The monoisotopic (exact) mass is 263 g/mol. The van der Waals surface area contributed by atoms with Crippen LogP contribution in [0.25, 0.3) is 6.08 Å². The Bertz CT molecular complexity index is 503. The minimum absolute atomic E-state index is 0.243. The van der Waals surface area contributed by atoms with Crippen molar-refractivity contribution >= 4 is 18.0 Å². The molecule has 1 aromatic rings. The summed E-state index contributed by atoms with van der Waals surface area (Å²) in [5.74, 6) is -0.781. The number of carboxylic acids is 1. The molecule has 0 bridgehead atoms. The highest BCUT2D eigenvalue weighted by atomic mass is 16.4. The molecule has 0 aliphatic heterocycles. The highest BCUT2D eigenvalue weighted by molar-refractivity contribution is 5.93. The van der Waals surface area contributed by atoms with E-state index in [1.165, 1.54) is 11.0 Å². The molecular weight excluding hydrogens is 246 g/mol. The zero-order valence-electron chi connectivity index (χ0n) is 10.8. The van der Waals surface area contributed by atoms with Gasteiger partial charge < -0.3 is 10.0 Å². The number of rotatable bonds is 6. The van der Waals surface area contributed by atoms with Crippen LogP contribution in [0.1, 0.15) is 18.4 Å². The molecule has 0 saturated heterocycles. The van der Waals surface area contributed by atoms with Gasteiger partial charge in [0.15, 0.2) is 0 Å². The van der Waals surface area contributed by atoms with Crippen LogP contribution >= 0.6 is 0 Å². The second kappa shape index (κ2) is 5.69. The first-order valence-electron chi connectivity index (χ1n) is 6.22. The first kappa shape index (κ1) is 13.3. The molecule has 1 fully saturated rings. The van der Waals surface area contributed by atoms with Gasteiger partial charge in [-0.15, -0.1) is 0 Å². The summed E-state index contributed by atoms with van der Waals surface area (Å²) in [5.41, 5.74) is 0.817. The largest absolute Gasteiger partial charge is 0.480 e. The van der Waals surface area contributed by atoms with Gasteiger partial charge in [0.25, 0.3) is 0 Å². The summed E-state index contributed by atoms with van der Waals surface area (Å²) in [6.07, 6.45) is 8.64. The van der Waals surface area contributed by atoms with Gasteiger partial charge in [0.1, 0.15) is 6.54 Å². The molecule has 19 heavy (non-hydrogen) atoms. The average Bonchev–Trinajstić information content (AvgIpc) is 3.06. The molecule has 0 spiro atoms. The molecule has 1 aliphatic carbocycles. The summed E-state index contributed by atoms with van der Waals surface area (Å²) < 4.78 is 1.64. The van der Waals surface area contributed by atoms with Crippen LogP contribution in [0.3, 0.4) is 0 Å². The van der Waals surface area contributed by atoms with E-state index in [2.05, 4.69) is 5.10 Å². The van der Waals surface area contributed by atoms with Gasteiger partial charge in [-0.25, -0.2) is 0 Å². The normalized spacial score (nSPS) is 14.8. The maximum Gasteiger partial charge on any atom is 0.323 e. The number of hydrogen-bond donors (Lipinski definition) is 1. The Hall–Kier alpha value is -2.11. The molecule has 0 aromatic carbocycles. The molecule has 6 heteroatoms. The summed E-state index contributed by atoms with van der Waals surface area (Å²) in [5, 5.41) is 12.8. The van der Waals surface area contributed by atoms with Gasteiger partial charge >= 0.3 is 5.97 Å². The van der Waals surface area contributed by atoms with Gasteiger partial charge in [-0.2, -0.15) is 5.10 Å². The number of carboxylic acid groups (broad SMARTS) is 1.